The zero-order chi connectivity index (χ0) is 11.7. The lowest BCUT2D eigenvalue weighted by molar-refractivity contribution is 0.187. The lowest BCUT2D eigenvalue weighted by Gasteiger charge is -2.08. The molecule has 2 rings (SSSR count). The Kier molecular flexibility index (Phi) is 2.99. The predicted octanol–water partition coefficient (Wildman–Crippen LogP) is 2.03. The Bertz CT molecular complexity index is 502. The minimum absolute atomic E-state index is 0.254. The van der Waals surface area contributed by atoms with Gasteiger partial charge in [-0.1, -0.05) is 13.0 Å². The maximum Gasteiger partial charge on any atom is 0.0935 e. The molecule has 3 nitrogen and oxygen atoms in total. The van der Waals surface area contributed by atoms with Crippen molar-refractivity contribution in [1.29, 1.82) is 0 Å². The van der Waals surface area contributed by atoms with Gasteiger partial charge in [-0.3, -0.25) is 0 Å². The molecule has 4 N–H and O–H groups in total. The summed E-state index contributed by atoms with van der Waals surface area (Å²) < 4.78 is 0. The largest absolute Gasteiger partial charge is 0.387 e. The lowest BCUT2D eigenvalue weighted by Crippen LogP contribution is -2.12. The molecule has 0 bridgehead atoms. The zero-order valence-electron chi connectivity index (χ0n) is 9.75. The molecule has 1 unspecified atom stereocenters. The average Bonchev–Trinajstić information content (AvgIpc) is 2.63. The molecule has 0 saturated heterocycles. The van der Waals surface area contributed by atoms with Gasteiger partial charge in [0.2, 0.25) is 0 Å². The fourth-order valence-corrected chi connectivity index (χ4v) is 2.16. The predicted molar refractivity (Wildman–Crippen MR) is 66.4 cm³/mol. The van der Waals surface area contributed by atoms with Gasteiger partial charge < -0.3 is 15.8 Å². The van der Waals surface area contributed by atoms with Crippen molar-refractivity contribution in [3.8, 4) is 0 Å². The van der Waals surface area contributed by atoms with Gasteiger partial charge in [0, 0.05) is 28.7 Å². The molecule has 0 spiro atoms. The van der Waals surface area contributed by atoms with Crippen molar-refractivity contribution in [1.82, 2.24) is 4.98 Å². The van der Waals surface area contributed by atoms with Crippen LogP contribution in [0.4, 0.5) is 0 Å². The van der Waals surface area contributed by atoms with Crippen molar-refractivity contribution in [3.63, 3.8) is 0 Å². The van der Waals surface area contributed by atoms with E-state index in [0.717, 1.165) is 28.6 Å². The molecule has 3 heteroatoms. The Morgan fingerprint density at radius 3 is 2.81 bits per heavy atom. The summed E-state index contributed by atoms with van der Waals surface area (Å²) in [5, 5.41) is 11.0. The molecule has 0 radical (unpaired) electrons. The monoisotopic (exact) mass is 218 g/mol. The van der Waals surface area contributed by atoms with Crippen LogP contribution < -0.4 is 5.73 Å². The number of aliphatic hydroxyl groups excluding tert-OH is 1. The first kappa shape index (κ1) is 11.2. The summed E-state index contributed by atoms with van der Waals surface area (Å²) in [6, 6.07) is 6.30. The minimum atomic E-state index is -0.583. The Labute approximate surface area is 95.3 Å². The number of rotatable bonds is 3. The van der Waals surface area contributed by atoms with E-state index in [1.54, 1.807) is 0 Å². The fourth-order valence-electron chi connectivity index (χ4n) is 2.16. The van der Waals surface area contributed by atoms with Crippen molar-refractivity contribution in [2.45, 2.75) is 26.4 Å². The summed E-state index contributed by atoms with van der Waals surface area (Å²) in [5.41, 5.74) is 9.81. The van der Waals surface area contributed by atoms with E-state index < -0.39 is 6.10 Å². The maximum absolute atomic E-state index is 9.92. The maximum atomic E-state index is 9.92. The van der Waals surface area contributed by atoms with Crippen LogP contribution in [0.15, 0.2) is 18.2 Å². The molecule has 16 heavy (non-hydrogen) atoms. The zero-order valence-corrected chi connectivity index (χ0v) is 9.75. The highest BCUT2D eigenvalue weighted by Crippen LogP contribution is 2.28. The molecule has 1 atom stereocenters. The van der Waals surface area contributed by atoms with E-state index in [9.17, 15) is 5.11 Å². The van der Waals surface area contributed by atoms with Gasteiger partial charge in [0.1, 0.15) is 0 Å². The number of aryl methyl sites for hydroxylation is 2. The number of H-pyrrole nitrogens is 1. The van der Waals surface area contributed by atoms with Gasteiger partial charge in [0.15, 0.2) is 0 Å². The Morgan fingerprint density at radius 2 is 2.19 bits per heavy atom. The first-order valence-corrected chi connectivity index (χ1v) is 5.66. The van der Waals surface area contributed by atoms with Crippen LogP contribution in [0.3, 0.4) is 0 Å². The summed E-state index contributed by atoms with van der Waals surface area (Å²) in [4.78, 5) is 3.28. The number of nitrogens with two attached hydrogens (primary N) is 1. The Morgan fingerprint density at radius 1 is 1.44 bits per heavy atom. The quantitative estimate of drug-likeness (QED) is 0.738. The third kappa shape index (κ3) is 1.72. The molecular formula is C13H18N2O. The SMILES string of the molecule is CCc1ccc2[nH]c(C)c(C(O)CN)c2c1. The van der Waals surface area contributed by atoms with E-state index in [-0.39, 0.29) is 6.54 Å². The highest BCUT2D eigenvalue weighted by molar-refractivity contribution is 5.85. The van der Waals surface area contributed by atoms with Crippen LogP contribution in [0.2, 0.25) is 0 Å². The first-order valence-electron chi connectivity index (χ1n) is 5.66. The van der Waals surface area contributed by atoms with Crippen molar-refractivity contribution in [2.24, 2.45) is 5.73 Å². The molecule has 86 valence electrons. The van der Waals surface area contributed by atoms with E-state index >= 15 is 0 Å². The average molecular weight is 218 g/mol. The van der Waals surface area contributed by atoms with Gasteiger partial charge in [0.05, 0.1) is 6.10 Å². The van der Waals surface area contributed by atoms with Gasteiger partial charge in [-0.15, -0.1) is 0 Å². The number of benzene rings is 1. The summed E-state index contributed by atoms with van der Waals surface area (Å²) >= 11 is 0. The molecule has 0 fully saturated rings. The number of aliphatic hydroxyl groups is 1. The van der Waals surface area contributed by atoms with Crippen molar-refractivity contribution in [2.75, 3.05) is 6.54 Å². The first-order chi connectivity index (χ1) is 7.67. The lowest BCUT2D eigenvalue weighted by atomic mass is 10.0. The molecule has 1 heterocycles. The molecule has 1 aromatic heterocycles. The molecule has 0 aliphatic heterocycles. The van der Waals surface area contributed by atoms with Gasteiger partial charge in [-0.25, -0.2) is 0 Å². The van der Waals surface area contributed by atoms with Gasteiger partial charge in [-0.2, -0.15) is 0 Å². The second-order valence-electron chi connectivity index (χ2n) is 4.15. The van der Waals surface area contributed by atoms with Gasteiger partial charge in [0.25, 0.3) is 0 Å². The molecular weight excluding hydrogens is 200 g/mol. The van der Waals surface area contributed by atoms with E-state index in [4.69, 9.17) is 5.73 Å². The highest BCUT2D eigenvalue weighted by Gasteiger charge is 2.15. The van der Waals surface area contributed by atoms with Crippen LogP contribution in [-0.4, -0.2) is 16.6 Å². The van der Waals surface area contributed by atoms with Crippen LogP contribution in [0.1, 0.15) is 29.8 Å². The van der Waals surface area contributed by atoms with E-state index in [1.807, 2.05) is 6.92 Å². The van der Waals surface area contributed by atoms with Crippen LogP contribution in [-0.2, 0) is 6.42 Å². The summed E-state index contributed by atoms with van der Waals surface area (Å²) in [6.07, 6.45) is 0.416. The third-order valence-corrected chi connectivity index (χ3v) is 3.07. The minimum Gasteiger partial charge on any atom is -0.387 e. The van der Waals surface area contributed by atoms with E-state index in [0.29, 0.717) is 0 Å². The van der Waals surface area contributed by atoms with Crippen LogP contribution in [0, 0.1) is 6.92 Å². The third-order valence-electron chi connectivity index (χ3n) is 3.07. The number of nitrogens with one attached hydrogen (secondary N) is 1. The van der Waals surface area contributed by atoms with Crippen LogP contribution in [0.5, 0.6) is 0 Å². The molecule has 0 aliphatic rings. The Balaban J connectivity index is 2.65. The van der Waals surface area contributed by atoms with Gasteiger partial charge in [-0.05, 0) is 31.0 Å². The fraction of sp³-hybridized carbons (Fsp3) is 0.385. The van der Waals surface area contributed by atoms with Crippen molar-refractivity contribution >= 4 is 10.9 Å². The molecule has 0 saturated carbocycles. The van der Waals surface area contributed by atoms with Crippen molar-refractivity contribution < 1.29 is 5.11 Å². The topological polar surface area (TPSA) is 62.0 Å². The smallest absolute Gasteiger partial charge is 0.0935 e. The van der Waals surface area contributed by atoms with E-state index in [1.165, 1.54) is 5.56 Å². The van der Waals surface area contributed by atoms with Crippen molar-refractivity contribution in [3.05, 3.63) is 35.0 Å². The molecule has 2 aromatic rings. The number of aromatic nitrogens is 1. The molecule has 0 amide bonds. The standard InChI is InChI=1S/C13H18N2O/c1-3-9-4-5-11-10(6-9)13(8(2)15-11)12(16)7-14/h4-6,12,15-16H,3,7,14H2,1-2H3. The normalized spacial score (nSPS) is 13.2. The molecule has 1 aromatic carbocycles. The van der Waals surface area contributed by atoms with Crippen LogP contribution >= 0.6 is 0 Å². The second kappa shape index (κ2) is 4.28. The summed E-state index contributed by atoms with van der Waals surface area (Å²) in [7, 11) is 0. The Hall–Kier alpha value is -1.32. The van der Waals surface area contributed by atoms with Crippen LogP contribution in [0.25, 0.3) is 10.9 Å². The summed E-state index contributed by atoms with van der Waals surface area (Å²) in [6.45, 7) is 4.35. The number of fused-ring (bicyclic) bond motifs is 1. The van der Waals surface area contributed by atoms with E-state index in [2.05, 4.69) is 30.1 Å². The molecule has 0 aliphatic carbocycles. The number of hydrogen-bond donors (Lipinski definition) is 3. The summed E-state index contributed by atoms with van der Waals surface area (Å²) in [5.74, 6) is 0. The highest BCUT2D eigenvalue weighted by atomic mass is 16.3. The number of hydrogen-bond acceptors (Lipinski definition) is 2. The second-order valence-corrected chi connectivity index (χ2v) is 4.15. The van der Waals surface area contributed by atoms with Gasteiger partial charge >= 0.3 is 0 Å². The number of aromatic amines is 1.